The Labute approximate surface area is 109 Å². The lowest BCUT2D eigenvalue weighted by Gasteiger charge is -2.20. The Morgan fingerprint density at radius 3 is 2.17 bits per heavy atom. The summed E-state index contributed by atoms with van der Waals surface area (Å²) < 4.78 is 5.07. The van der Waals surface area contributed by atoms with Gasteiger partial charge in [-0.3, -0.25) is 14.5 Å². The Balaban J connectivity index is 3.61. The van der Waals surface area contributed by atoms with Crippen molar-refractivity contribution in [3.8, 4) is 0 Å². The molecule has 5 nitrogen and oxygen atoms in total. The molecule has 106 valence electrons. The number of ether oxygens (including phenoxy) is 1. The van der Waals surface area contributed by atoms with E-state index in [1.807, 2.05) is 0 Å². The summed E-state index contributed by atoms with van der Waals surface area (Å²) in [5.74, 6) is -1.18. The fraction of sp³-hybridized carbons (Fsp3) is 0.846. The Kier molecular flexibility index (Phi) is 10.3. The predicted octanol–water partition coefficient (Wildman–Crippen LogP) is 1.91. The number of esters is 1. The minimum absolute atomic E-state index is 0.0207. The number of carboxylic acid groups (broad SMARTS) is 1. The molecule has 0 heterocycles. The molecule has 0 atom stereocenters. The molecule has 0 aromatic rings. The lowest BCUT2D eigenvalue weighted by molar-refractivity contribution is -0.144. The quantitative estimate of drug-likeness (QED) is 0.574. The molecule has 0 saturated carbocycles. The lowest BCUT2D eigenvalue weighted by Crippen LogP contribution is -2.29. The van der Waals surface area contributed by atoms with Crippen LogP contribution < -0.4 is 0 Å². The first-order valence-electron chi connectivity index (χ1n) is 6.69. The molecular weight excluding hydrogens is 234 g/mol. The maximum absolute atomic E-state index is 11.3. The molecule has 18 heavy (non-hydrogen) atoms. The number of aliphatic carboxylic acids is 1. The second-order valence-corrected chi connectivity index (χ2v) is 4.31. The molecule has 0 saturated heterocycles. The summed E-state index contributed by atoms with van der Waals surface area (Å²) in [7, 11) is 0. The highest BCUT2D eigenvalue weighted by atomic mass is 16.5. The first-order chi connectivity index (χ1) is 8.60. The average Bonchev–Trinajstić information content (AvgIpc) is 2.29. The van der Waals surface area contributed by atoms with Gasteiger partial charge >= 0.3 is 11.9 Å². The van der Waals surface area contributed by atoms with Crippen molar-refractivity contribution in [3.05, 3.63) is 0 Å². The van der Waals surface area contributed by atoms with E-state index in [1.165, 1.54) is 0 Å². The molecule has 0 aromatic heterocycles. The third-order valence-corrected chi connectivity index (χ3v) is 2.52. The van der Waals surface area contributed by atoms with Gasteiger partial charge in [0.2, 0.25) is 0 Å². The van der Waals surface area contributed by atoms with E-state index in [2.05, 4.69) is 18.7 Å². The van der Waals surface area contributed by atoms with Crippen molar-refractivity contribution in [2.75, 3.05) is 26.2 Å². The molecule has 0 aliphatic carbocycles. The number of carbonyl (C=O) groups is 2. The zero-order chi connectivity index (χ0) is 13.8. The summed E-state index contributed by atoms with van der Waals surface area (Å²) in [6.07, 6.45) is 2.74. The van der Waals surface area contributed by atoms with E-state index in [4.69, 9.17) is 9.84 Å². The minimum atomic E-state index is -0.875. The van der Waals surface area contributed by atoms with Crippen molar-refractivity contribution in [1.82, 2.24) is 4.90 Å². The van der Waals surface area contributed by atoms with E-state index >= 15 is 0 Å². The third-order valence-electron chi connectivity index (χ3n) is 2.52. The Hall–Kier alpha value is -1.10. The van der Waals surface area contributed by atoms with Crippen LogP contribution >= 0.6 is 0 Å². The van der Waals surface area contributed by atoms with Crippen LogP contribution in [-0.4, -0.2) is 48.2 Å². The zero-order valence-corrected chi connectivity index (χ0v) is 11.5. The van der Waals surface area contributed by atoms with Gasteiger partial charge in [0.15, 0.2) is 0 Å². The Bertz CT molecular complexity index is 237. The van der Waals surface area contributed by atoms with Crippen molar-refractivity contribution in [2.45, 2.75) is 46.0 Å². The van der Waals surface area contributed by atoms with Gasteiger partial charge in [-0.1, -0.05) is 13.8 Å². The summed E-state index contributed by atoms with van der Waals surface area (Å²) in [5.41, 5.74) is 0. The SMILES string of the molecule is CCCN(CCC)CCOC(=O)CCCC(=O)O. The maximum atomic E-state index is 11.3. The predicted molar refractivity (Wildman–Crippen MR) is 69.5 cm³/mol. The monoisotopic (exact) mass is 259 g/mol. The van der Waals surface area contributed by atoms with Crippen molar-refractivity contribution in [3.63, 3.8) is 0 Å². The van der Waals surface area contributed by atoms with Crippen molar-refractivity contribution < 1.29 is 19.4 Å². The molecule has 0 fully saturated rings. The lowest BCUT2D eigenvalue weighted by atomic mass is 10.2. The number of carboxylic acids is 1. The Morgan fingerprint density at radius 2 is 1.67 bits per heavy atom. The molecule has 5 heteroatoms. The zero-order valence-electron chi connectivity index (χ0n) is 11.5. The molecule has 0 aromatic carbocycles. The van der Waals surface area contributed by atoms with Gasteiger partial charge in [-0.05, 0) is 32.4 Å². The smallest absolute Gasteiger partial charge is 0.305 e. The van der Waals surface area contributed by atoms with Gasteiger partial charge in [0, 0.05) is 19.4 Å². The van der Waals surface area contributed by atoms with Gasteiger partial charge in [-0.25, -0.2) is 0 Å². The van der Waals surface area contributed by atoms with Crippen LogP contribution in [0.2, 0.25) is 0 Å². The molecule has 0 aliphatic heterocycles. The fourth-order valence-electron chi connectivity index (χ4n) is 1.71. The van der Waals surface area contributed by atoms with Crippen LogP contribution in [0.25, 0.3) is 0 Å². The molecule has 0 amide bonds. The highest BCUT2D eigenvalue weighted by Gasteiger charge is 2.07. The van der Waals surface area contributed by atoms with E-state index in [0.717, 1.165) is 32.5 Å². The molecule has 0 aliphatic rings. The normalized spacial score (nSPS) is 10.6. The van der Waals surface area contributed by atoms with E-state index in [-0.39, 0.29) is 18.8 Å². The maximum Gasteiger partial charge on any atom is 0.305 e. The van der Waals surface area contributed by atoms with Crippen LogP contribution in [0.4, 0.5) is 0 Å². The van der Waals surface area contributed by atoms with Crippen molar-refractivity contribution >= 4 is 11.9 Å². The second-order valence-electron chi connectivity index (χ2n) is 4.31. The van der Waals surface area contributed by atoms with Crippen LogP contribution in [0.1, 0.15) is 46.0 Å². The average molecular weight is 259 g/mol. The van der Waals surface area contributed by atoms with Gasteiger partial charge in [-0.2, -0.15) is 0 Å². The van der Waals surface area contributed by atoms with Crippen LogP contribution in [0, 0.1) is 0 Å². The van der Waals surface area contributed by atoms with E-state index in [0.29, 0.717) is 13.0 Å². The fourth-order valence-corrected chi connectivity index (χ4v) is 1.71. The van der Waals surface area contributed by atoms with Crippen LogP contribution in [0.5, 0.6) is 0 Å². The van der Waals surface area contributed by atoms with Crippen LogP contribution in [0.15, 0.2) is 0 Å². The van der Waals surface area contributed by atoms with Crippen molar-refractivity contribution in [2.24, 2.45) is 0 Å². The summed E-state index contributed by atoms with van der Waals surface area (Å²) in [5, 5.41) is 8.43. The second kappa shape index (κ2) is 11.0. The third kappa shape index (κ3) is 10.1. The van der Waals surface area contributed by atoms with E-state index in [9.17, 15) is 9.59 Å². The molecule has 0 radical (unpaired) electrons. The minimum Gasteiger partial charge on any atom is -0.481 e. The number of hydrogen-bond acceptors (Lipinski definition) is 4. The van der Waals surface area contributed by atoms with E-state index < -0.39 is 5.97 Å². The van der Waals surface area contributed by atoms with E-state index in [1.54, 1.807) is 0 Å². The summed E-state index contributed by atoms with van der Waals surface area (Å²) in [4.78, 5) is 23.8. The number of carbonyl (C=O) groups excluding carboxylic acids is 1. The summed E-state index contributed by atoms with van der Waals surface area (Å²) >= 11 is 0. The molecular formula is C13H25NO4. The van der Waals surface area contributed by atoms with Crippen molar-refractivity contribution in [1.29, 1.82) is 0 Å². The topological polar surface area (TPSA) is 66.8 Å². The van der Waals surface area contributed by atoms with Gasteiger partial charge in [0.1, 0.15) is 6.61 Å². The number of nitrogens with zero attached hydrogens (tertiary/aromatic N) is 1. The highest BCUT2D eigenvalue weighted by Crippen LogP contribution is 1.99. The van der Waals surface area contributed by atoms with Gasteiger partial charge < -0.3 is 9.84 Å². The molecule has 0 unspecified atom stereocenters. The summed E-state index contributed by atoms with van der Waals surface area (Å²) in [6, 6.07) is 0. The first-order valence-corrected chi connectivity index (χ1v) is 6.69. The molecule has 1 N–H and O–H groups in total. The first kappa shape index (κ1) is 16.9. The highest BCUT2D eigenvalue weighted by molar-refractivity contribution is 5.71. The van der Waals surface area contributed by atoms with Gasteiger partial charge in [0.25, 0.3) is 0 Å². The van der Waals surface area contributed by atoms with Gasteiger partial charge in [-0.15, -0.1) is 0 Å². The van der Waals surface area contributed by atoms with Gasteiger partial charge in [0.05, 0.1) is 0 Å². The Morgan fingerprint density at radius 1 is 1.06 bits per heavy atom. The molecule has 0 bridgehead atoms. The molecule has 0 rings (SSSR count). The molecule has 0 spiro atoms. The summed E-state index contributed by atoms with van der Waals surface area (Å²) in [6.45, 7) is 7.44. The largest absolute Gasteiger partial charge is 0.481 e. The number of hydrogen-bond donors (Lipinski definition) is 1. The van der Waals surface area contributed by atoms with Crippen LogP contribution in [0.3, 0.4) is 0 Å². The number of rotatable bonds is 11. The van der Waals surface area contributed by atoms with Crippen LogP contribution in [-0.2, 0) is 14.3 Å². The standard InChI is InChI=1S/C13H25NO4/c1-3-8-14(9-4-2)10-11-18-13(17)7-5-6-12(15)16/h3-11H2,1-2H3,(H,15,16).